The highest BCUT2D eigenvalue weighted by molar-refractivity contribution is 6.29. The van der Waals surface area contributed by atoms with Gasteiger partial charge in [-0.05, 0) is 32.9 Å². The van der Waals surface area contributed by atoms with Crippen LogP contribution in [0.5, 0.6) is 0 Å². The summed E-state index contributed by atoms with van der Waals surface area (Å²) < 4.78 is 1.93. The quantitative estimate of drug-likeness (QED) is 0.768. The third kappa shape index (κ3) is 2.25. The Morgan fingerprint density at radius 1 is 1.41 bits per heavy atom. The maximum absolute atomic E-state index is 9.08. The van der Waals surface area contributed by atoms with Crippen molar-refractivity contribution in [2.75, 3.05) is 0 Å². The first-order valence-electron chi connectivity index (χ1n) is 5.33. The van der Waals surface area contributed by atoms with Gasteiger partial charge in [0, 0.05) is 6.54 Å². The highest BCUT2D eigenvalue weighted by Crippen LogP contribution is 2.22. The second kappa shape index (κ2) is 4.01. The summed E-state index contributed by atoms with van der Waals surface area (Å²) in [5, 5.41) is 9.52. The van der Waals surface area contributed by atoms with E-state index in [1.54, 1.807) is 6.07 Å². The normalized spacial score (nSPS) is 11.7. The predicted molar refractivity (Wildman–Crippen MR) is 66.7 cm³/mol. The Kier molecular flexibility index (Phi) is 2.80. The van der Waals surface area contributed by atoms with Crippen molar-refractivity contribution in [1.29, 1.82) is 5.26 Å². The van der Waals surface area contributed by atoms with Gasteiger partial charge in [0.15, 0.2) is 5.65 Å². The molecule has 5 heteroatoms. The van der Waals surface area contributed by atoms with Crippen LogP contribution in [0.15, 0.2) is 12.1 Å². The summed E-state index contributed by atoms with van der Waals surface area (Å²) >= 11 is 5.89. The zero-order valence-electron chi connectivity index (χ0n) is 10.0. The number of pyridine rings is 1. The summed E-state index contributed by atoms with van der Waals surface area (Å²) in [6.45, 7) is 6.24. The summed E-state index contributed by atoms with van der Waals surface area (Å²) in [6.07, 6.45) is 0. The molecule has 2 aromatic rings. The fourth-order valence-corrected chi connectivity index (χ4v) is 1.85. The Labute approximate surface area is 105 Å². The number of nitriles is 1. The zero-order chi connectivity index (χ0) is 12.6. The number of hydrogen-bond acceptors (Lipinski definition) is 3. The number of halogens is 1. The number of aromatic nitrogens is 3. The third-order valence-electron chi connectivity index (χ3n) is 2.61. The molecule has 0 N–H and O–H groups in total. The maximum Gasteiger partial charge on any atom is 0.161 e. The fraction of sp³-hybridized carbons (Fsp3) is 0.417. The first kappa shape index (κ1) is 11.9. The first-order valence-corrected chi connectivity index (χ1v) is 5.71. The van der Waals surface area contributed by atoms with Crippen LogP contribution in [-0.4, -0.2) is 14.5 Å². The van der Waals surface area contributed by atoms with Crippen molar-refractivity contribution < 1.29 is 0 Å². The number of nitrogens with zero attached hydrogens (tertiary/aromatic N) is 4. The van der Waals surface area contributed by atoms with Crippen LogP contribution in [0.3, 0.4) is 0 Å². The van der Waals surface area contributed by atoms with E-state index in [2.05, 4.69) is 16.0 Å². The lowest BCUT2D eigenvalue weighted by Gasteiger charge is -2.17. The number of hydrogen-bond donors (Lipinski definition) is 0. The summed E-state index contributed by atoms with van der Waals surface area (Å²) in [4.78, 5) is 8.68. The van der Waals surface area contributed by atoms with Gasteiger partial charge in [0.05, 0.1) is 11.5 Å². The molecular weight excluding hydrogens is 236 g/mol. The van der Waals surface area contributed by atoms with Gasteiger partial charge in [-0.25, -0.2) is 9.97 Å². The molecule has 0 aromatic carbocycles. The molecule has 0 spiro atoms. The second-order valence-corrected chi connectivity index (χ2v) is 5.10. The Bertz CT molecular complexity index is 607. The zero-order valence-corrected chi connectivity index (χ0v) is 10.8. The van der Waals surface area contributed by atoms with Gasteiger partial charge in [-0.2, -0.15) is 5.26 Å². The van der Waals surface area contributed by atoms with Crippen LogP contribution in [0.4, 0.5) is 0 Å². The van der Waals surface area contributed by atoms with Gasteiger partial charge in [0.2, 0.25) is 0 Å². The molecule has 4 nitrogen and oxygen atoms in total. The van der Waals surface area contributed by atoms with E-state index >= 15 is 0 Å². The molecule has 0 saturated heterocycles. The number of imidazole rings is 1. The highest BCUT2D eigenvalue weighted by Gasteiger charge is 2.21. The third-order valence-corrected chi connectivity index (χ3v) is 2.82. The Morgan fingerprint density at radius 3 is 2.76 bits per heavy atom. The lowest BCUT2D eigenvalue weighted by molar-refractivity contribution is 0.409. The molecule has 0 aliphatic carbocycles. The Balaban J connectivity index is 2.57. The van der Waals surface area contributed by atoms with Crippen molar-refractivity contribution in [2.45, 2.75) is 27.3 Å². The molecule has 2 rings (SSSR count). The molecule has 0 aliphatic heterocycles. The predicted octanol–water partition coefficient (Wildman–Crippen LogP) is 2.94. The van der Waals surface area contributed by atoms with E-state index in [0.29, 0.717) is 11.7 Å². The summed E-state index contributed by atoms with van der Waals surface area (Å²) in [7, 11) is 0. The standard InChI is InChI=1S/C12H13ClN4/c1-8-15-9-4-5-10(13)16-11(9)17(8)7-12(2,3)6-14/h4-5H,7H2,1-3H3. The average molecular weight is 249 g/mol. The lowest BCUT2D eigenvalue weighted by atomic mass is 9.96. The molecule has 0 radical (unpaired) electrons. The molecule has 0 unspecified atom stereocenters. The molecule has 2 heterocycles. The van der Waals surface area contributed by atoms with Crippen LogP contribution in [0.2, 0.25) is 5.15 Å². The smallest absolute Gasteiger partial charge is 0.161 e. The SMILES string of the molecule is Cc1nc2ccc(Cl)nc2n1CC(C)(C)C#N. The molecule has 0 saturated carbocycles. The van der Waals surface area contributed by atoms with E-state index in [4.69, 9.17) is 16.9 Å². The Hall–Kier alpha value is -1.60. The largest absolute Gasteiger partial charge is 0.311 e. The van der Waals surface area contributed by atoms with E-state index in [-0.39, 0.29) is 0 Å². The minimum Gasteiger partial charge on any atom is -0.311 e. The summed E-state index contributed by atoms with van der Waals surface area (Å²) in [5.41, 5.74) is 1.08. The van der Waals surface area contributed by atoms with Gasteiger partial charge >= 0.3 is 0 Å². The average Bonchev–Trinajstić information content (AvgIpc) is 2.56. The highest BCUT2D eigenvalue weighted by atomic mass is 35.5. The Morgan fingerprint density at radius 2 is 2.12 bits per heavy atom. The summed E-state index contributed by atoms with van der Waals surface area (Å²) in [5.74, 6) is 0.845. The molecule has 88 valence electrons. The summed E-state index contributed by atoms with van der Waals surface area (Å²) in [6, 6.07) is 5.84. The number of fused-ring (bicyclic) bond motifs is 1. The van der Waals surface area contributed by atoms with E-state index in [0.717, 1.165) is 17.0 Å². The van der Waals surface area contributed by atoms with Gasteiger partial charge in [-0.15, -0.1) is 0 Å². The van der Waals surface area contributed by atoms with E-state index in [9.17, 15) is 0 Å². The van der Waals surface area contributed by atoms with Crippen molar-refractivity contribution in [3.63, 3.8) is 0 Å². The van der Waals surface area contributed by atoms with Gasteiger partial charge in [0.25, 0.3) is 0 Å². The first-order chi connectivity index (χ1) is 7.93. The van der Waals surface area contributed by atoms with E-state index in [1.165, 1.54) is 0 Å². The monoisotopic (exact) mass is 248 g/mol. The van der Waals surface area contributed by atoms with Crippen LogP contribution in [0, 0.1) is 23.7 Å². The van der Waals surface area contributed by atoms with Gasteiger partial charge in [-0.3, -0.25) is 0 Å². The van der Waals surface area contributed by atoms with Gasteiger partial charge in [0.1, 0.15) is 16.5 Å². The lowest BCUT2D eigenvalue weighted by Crippen LogP contribution is -2.18. The van der Waals surface area contributed by atoms with Crippen LogP contribution < -0.4 is 0 Å². The number of rotatable bonds is 2. The van der Waals surface area contributed by atoms with Gasteiger partial charge in [-0.1, -0.05) is 11.6 Å². The molecule has 0 bridgehead atoms. The minimum absolute atomic E-state index is 0.438. The van der Waals surface area contributed by atoms with Crippen LogP contribution in [-0.2, 0) is 6.54 Å². The van der Waals surface area contributed by atoms with Crippen LogP contribution in [0.1, 0.15) is 19.7 Å². The molecule has 0 aliphatic rings. The van der Waals surface area contributed by atoms with Crippen molar-refractivity contribution in [1.82, 2.24) is 14.5 Å². The number of aryl methyl sites for hydroxylation is 1. The van der Waals surface area contributed by atoms with Crippen molar-refractivity contribution in [3.8, 4) is 6.07 Å². The maximum atomic E-state index is 9.08. The molecule has 2 aromatic heterocycles. The molecule has 0 fully saturated rings. The second-order valence-electron chi connectivity index (χ2n) is 4.72. The van der Waals surface area contributed by atoms with E-state index in [1.807, 2.05) is 31.4 Å². The minimum atomic E-state index is -0.456. The van der Waals surface area contributed by atoms with Crippen LogP contribution in [0.25, 0.3) is 11.2 Å². The molecule has 0 atom stereocenters. The van der Waals surface area contributed by atoms with E-state index < -0.39 is 5.41 Å². The molecular formula is C12H13ClN4. The topological polar surface area (TPSA) is 54.5 Å². The molecule has 17 heavy (non-hydrogen) atoms. The van der Waals surface area contributed by atoms with Crippen molar-refractivity contribution in [2.24, 2.45) is 5.41 Å². The fourth-order valence-electron chi connectivity index (χ4n) is 1.71. The van der Waals surface area contributed by atoms with Crippen LogP contribution >= 0.6 is 11.6 Å². The molecule has 0 amide bonds. The van der Waals surface area contributed by atoms with Gasteiger partial charge < -0.3 is 4.57 Å². The van der Waals surface area contributed by atoms with Crippen molar-refractivity contribution in [3.05, 3.63) is 23.1 Å². The van der Waals surface area contributed by atoms with Crippen molar-refractivity contribution >= 4 is 22.8 Å².